The highest BCUT2D eigenvalue weighted by Gasteiger charge is 2.23. The minimum atomic E-state index is -0.975. The first-order valence-electron chi connectivity index (χ1n) is 11.0. The molecule has 0 saturated heterocycles. The second-order valence-electron chi connectivity index (χ2n) is 8.54. The Kier molecular flexibility index (Phi) is 7.13. The van der Waals surface area contributed by atoms with Crippen LogP contribution in [0.3, 0.4) is 0 Å². The quantitative estimate of drug-likeness (QED) is 0.282. The lowest BCUT2D eigenvalue weighted by Gasteiger charge is -2.26. The second-order valence-corrected chi connectivity index (χ2v) is 8.54. The molecule has 0 fully saturated rings. The van der Waals surface area contributed by atoms with Crippen LogP contribution in [0.2, 0.25) is 0 Å². The summed E-state index contributed by atoms with van der Waals surface area (Å²) in [6, 6.07) is 28.1. The van der Waals surface area contributed by atoms with Crippen LogP contribution in [0.1, 0.15) is 25.0 Å². The molecule has 4 aromatic rings. The van der Waals surface area contributed by atoms with Gasteiger partial charge in [-0.25, -0.2) is 10.4 Å². The van der Waals surface area contributed by atoms with Crippen molar-refractivity contribution in [2.75, 3.05) is 0 Å². The summed E-state index contributed by atoms with van der Waals surface area (Å²) < 4.78 is 11.7. The van der Waals surface area contributed by atoms with Crippen LogP contribution in [0.15, 0.2) is 97.1 Å². The maximum Gasteiger partial charge on any atom is 0.164 e. The Hall–Kier alpha value is -3.76. The van der Waals surface area contributed by atoms with Gasteiger partial charge in [0.15, 0.2) is 11.4 Å². The molecule has 0 aliphatic rings. The fourth-order valence-electron chi connectivity index (χ4n) is 3.65. The van der Waals surface area contributed by atoms with Crippen LogP contribution in [0.4, 0.5) is 11.4 Å². The van der Waals surface area contributed by atoms with Gasteiger partial charge < -0.3 is 19.9 Å². The van der Waals surface area contributed by atoms with Gasteiger partial charge in [0.25, 0.3) is 0 Å². The van der Waals surface area contributed by atoms with Gasteiger partial charge in [-0.1, -0.05) is 38.1 Å². The van der Waals surface area contributed by atoms with Gasteiger partial charge >= 0.3 is 0 Å². The summed E-state index contributed by atoms with van der Waals surface area (Å²) in [5, 5.41) is 38.0. The molecule has 0 heterocycles. The number of rotatable bonds is 8. The third kappa shape index (κ3) is 5.84. The van der Waals surface area contributed by atoms with Crippen molar-refractivity contribution in [3.63, 3.8) is 0 Å². The summed E-state index contributed by atoms with van der Waals surface area (Å²) in [4.78, 5) is 0. The van der Waals surface area contributed by atoms with Crippen LogP contribution in [0.25, 0.3) is 0 Å². The van der Waals surface area contributed by atoms with Crippen LogP contribution in [-0.4, -0.2) is 10.4 Å². The van der Waals surface area contributed by atoms with Crippen molar-refractivity contribution >= 4 is 11.4 Å². The third-order valence-electron chi connectivity index (χ3n) is 5.83. The minimum Gasteiger partial charge on any atom is -0.595 e. The van der Waals surface area contributed by atoms with Crippen molar-refractivity contribution in [1.29, 1.82) is 0 Å². The second kappa shape index (κ2) is 10.2. The molecule has 8 heteroatoms. The first kappa shape index (κ1) is 24.4. The molecule has 0 spiro atoms. The van der Waals surface area contributed by atoms with Crippen LogP contribution in [0, 0.1) is 10.4 Å². The van der Waals surface area contributed by atoms with Crippen molar-refractivity contribution < 1.29 is 30.3 Å². The van der Waals surface area contributed by atoms with Gasteiger partial charge in [-0.3, -0.25) is 0 Å². The summed E-state index contributed by atoms with van der Waals surface area (Å²) >= 11 is 0. The summed E-state index contributed by atoms with van der Waals surface area (Å²) in [7, 11) is 0. The Bertz CT molecular complexity index is 1140. The van der Waals surface area contributed by atoms with Gasteiger partial charge in [0.2, 0.25) is 0 Å². The molecule has 0 aromatic heterocycles. The summed E-state index contributed by atoms with van der Waals surface area (Å²) in [6.07, 6.45) is 0. The molecule has 0 radical (unpaired) electrons. The monoisotopic (exact) mass is 474 g/mol. The lowest BCUT2D eigenvalue weighted by molar-refractivity contribution is -0.991. The Morgan fingerprint density at radius 2 is 0.771 bits per heavy atom. The van der Waals surface area contributed by atoms with Crippen LogP contribution >= 0.6 is 0 Å². The molecule has 0 aliphatic carbocycles. The summed E-state index contributed by atoms with van der Waals surface area (Å²) in [5.74, 6) is 2.45. The first-order valence-corrected chi connectivity index (χ1v) is 11.0. The van der Waals surface area contributed by atoms with Crippen molar-refractivity contribution in [2.45, 2.75) is 19.3 Å². The van der Waals surface area contributed by atoms with Gasteiger partial charge in [0.05, 0.1) is 0 Å². The zero-order chi connectivity index (χ0) is 25.0. The minimum absolute atomic E-state index is 0.210. The number of ether oxygens (including phenoxy) is 2. The van der Waals surface area contributed by atoms with Gasteiger partial charge in [-0.05, 0) is 59.7 Å². The standard InChI is InChI=1S/C27H26N2O6/c1-27(2,19-3-11-23(12-4-19)34-25-15-7-21(8-16-25)28(30)31)20-5-13-24(14-6-20)35-26-17-9-22(10-18-26)29(32)33/h3-18,28-30,32H,1-2H3. The molecule has 0 aliphatic heterocycles. The maximum atomic E-state index is 11.0. The van der Waals surface area contributed by atoms with E-state index in [1.165, 1.54) is 24.3 Å². The molecule has 4 aromatic carbocycles. The topological polar surface area (TPSA) is 114 Å². The largest absolute Gasteiger partial charge is 0.595 e. The summed E-state index contributed by atoms with van der Waals surface area (Å²) in [6.45, 7) is 4.27. The molecule has 180 valence electrons. The van der Waals surface area contributed by atoms with E-state index in [1.807, 2.05) is 48.5 Å². The van der Waals surface area contributed by atoms with Gasteiger partial charge in [0.1, 0.15) is 23.0 Å². The zero-order valence-corrected chi connectivity index (χ0v) is 19.3. The zero-order valence-electron chi connectivity index (χ0n) is 19.3. The molecule has 35 heavy (non-hydrogen) atoms. The smallest absolute Gasteiger partial charge is 0.164 e. The average molecular weight is 475 g/mol. The van der Waals surface area contributed by atoms with E-state index in [-0.39, 0.29) is 16.8 Å². The number of nitrogens with one attached hydrogen (secondary N) is 2. The van der Waals surface area contributed by atoms with E-state index in [1.54, 1.807) is 24.3 Å². The molecule has 0 bridgehead atoms. The molecule has 0 amide bonds. The van der Waals surface area contributed by atoms with Crippen molar-refractivity contribution in [2.24, 2.45) is 0 Å². The molecular weight excluding hydrogens is 448 g/mol. The van der Waals surface area contributed by atoms with Gasteiger partial charge in [-0.2, -0.15) is 10.5 Å². The van der Waals surface area contributed by atoms with Crippen LogP contribution in [0.5, 0.6) is 23.0 Å². The fourth-order valence-corrected chi connectivity index (χ4v) is 3.65. The Morgan fingerprint density at radius 1 is 0.514 bits per heavy atom. The average Bonchev–Trinajstić information content (AvgIpc) is 2.85. The lowest BCUT2D eigenvalue weighted by atomic mass is 9.78. The van der Waals surface area contributed by atoms with E-state index in [0.29, 0.717) is 23.0 Å². The summed E-state index contributed by atoms with van der Waals surface area (Å²) in [5.41, 5.74) is 2.35. The predicted octanol–water partition coefficient (Wildman–Crippen LogP) is 4.40. The van der Waals surface area contributed by atoms with Gasteiger partial charge in [0, 0.05) is 29.7 Å². The molecule has 2 atom stereocenters. The molecule has 4 rings (SSSR count). The predicted molar refractivity (Wildman–Crippen MR) is 130 cm³/mol. The van der Waals surface area contributed by atoms with E-state index in [2.05, 4.69) is 13.8 Å². The fraction of sp³-hybridized carbons (Fsp3) is 0.111. The van der Waals surface area contributed by atoms with Crippen LogP contribution < -0.4 is 19.9 Å². The molecular formula is C27H26N2O6. The van der Waals surface area contributed by atoms with Crippen molar-refractivity contribution in [3.05, 3.63) is 119 Å². The molecule has 4 N–H and O–H groups in total. The Morgan fingerprint density at radius 3 is 1.03 bits per heavy atom. The van der Waals surface area contributed by atoms with Crippen molar-refractivity contribution in [1.82, 2.24) is 0 Å². The highest BCUT2D eigenvalue weighted by Crippen LogP contribution is 2.34. The van der Waals surface area contributed by atoms with E-state index >= 15 is 0 Å². The van der Waals surface area contributed by atoms with Crippen LogP contribution in [-0.2, 0) is 5.41 Å². The van der Waals surface area contributed by atoms with E-state index < -0.39 is 10.5 Å². The Labute approximate surface area is 202 Å². The number of benzene rings is 4. The molecule has 8 nitrogen and oxygen atoms in total. The van der Waals surface area contributed by atoms with E-state index in [4.69, 9.17) is 19.9 Å². The number of quaternary nitrogens is 2. The first-order chi connectivity index (χ1) is 16.7. The molecule has 0 saturated carbocycles. The third-order valence-corrected chi connectivity index (χ3v) is 5.83. The van der Waals surface area contributed by atoms with Crippen molar-refractivity contribution in [3.8, 4) is 23.0 Å². The lowest BCUT2D eigenvalue weighted by Crippen LogP contribution is -2.99. The maximum absolute atomic E-state index is 11.0. The molecule has 2 unspecified atom stereocenters. The Balaban J connectivity index is 1.42. The SMILES string of the molecule is CC(C)(c1ccc(Oc2ccc([NH+]([O-])O)cc2)cc1)c1ccc(Oc2ccc([NH+]([O-])O)cc2)cc1. The number of hydrogen-bond donors (Lipinski definition) is 4. The van der Waals surface area contributed by atoms with Gasteiger partial charge in [-0.15, -0.1) is 0 Å². The normalized spacial score (nSPS) is 13.2. The van der Waals surface area contributed by atoms with E-state index in [9.17, 15) is 10.4 Å². The highest BCUT2D eigenvalue weighted by atomic mass is 16.8. The number of hydrogen-bond acceptors (Lipinski definition) is 6. The van der Waals surface area contributed by atoms with E-state index in [0.717, 1.165) is 11.1 Å². The highest BCUT2D eigenvalue weighted by molar-refractivity contribution is 5.44.